The summed E-state index contributed by atoms with van der Waals surface area (Å²) in [5, 5.41) is 0. The molecule has 1 amide bonds. The minimum absolute atomic E-state index is 0.0286. The van der Waals surface area contributed by atoms with Gasteiger partial charge < -0.3 is 15.4 Å². The van der Waals surface area contributed by atoms with Gasteiger partial charge in [-0.05, 0) is 30.0 Å². The molecule has 5 heteroatoms. The van der Waals surface area contributed by atoms with Gasteiger partial charge in [0.25, 0.3) is 0 Å². The predicted octanol–water partition coefficient (Wildman–Crippen LogP) is 2.10. The minimum atomic E-state index is -0.461. The number of carbonyl (C=O) groups is 1. The quantitative estimate of drug-likeness (QED) is 0.925. The standard InChI is InChI=1S/C16H23FN2O2/c1-11(2)9-14(18)16(20)19-7-8-21-15(10-19)12-3-5-13(17)6-4-12/h3-6,11,14-15H,7-10,18H2,1-2H3/t14-,15?/m0/s1. The lowest BCUT2D eigenvalue weighted by Crippen LogP contribution is -2.49. The number of halogens is 1. The summed E-state index contributed by atoms with van der Waals surface area (Å²) < 4.78 is 18.7. The number of nitrogens with two attached hydrogens (primary N) is 1. The SMILES string of the molecule is CC(C)C[C@H](N)C(=O)N1CCOC(c2ccc(F)cc2)C1. The molecule has 1 aliphatic rings. The highest BCUT2D eigenvalue weighted by molar-refractivity contribution is 5.81. The number of benzene rings is 1. The van der Waals surface area contributed by atoms with Gasteiger partial charge in [-0.2, -0.15) is 0 Å². The molecule has 0 bridgehead atoms. The molecular weight excluding hydrogens is 271 g/mol. The fourth-order valence-electron chi connectivity index (χ4n) is 2.57. The zero-order valence-electron chi connectivity index (χ0n) is 12.6. The van der Waals surface area contributed by atoms with E-state index in [1.54, 1.807) is 17.0 Å². The molecule has 1 aliphatic heterocycles. The van der Waals surface area contributed by atoms with E-state index in [9.17, 15) is 9.18 Å². The van der Waals surface area contributed by atoms with E-state index >= 15 is 0 Å². The number of rotatable bonds is 4. The maximum Gasteiger partial charge on any atom is 0.239 e. The lowest BCUT2D eigenvalue weighted by Gasteiger charge is -2.34. The van der Waals surface area contributed by atoms with Crippen LogP contribution in [0.2, 0.25) is 0 Å². The number of hydrogen-bond acceptors (Lipinski definition) is 3. The van der Waals surface area contributed by atoms with Gasteiger partial charge in [-0.3, -0.25) is 4.79 Å². The first-order valence-electron chi connectivity index (χ1n) is 7.39. The van der Waals surface area contributed by atoms with E-state index in [0.717, 1.165) is 5.56 Å². The van der Waals surface area contributed by atoms with E-state index in [-0.39, 0.29) is 17.8 Å². The van der Waals surface area contributed by atoms with Gasteiger partial charge in [-0.1, -0.05) is 26.0 Å². The lowest BCUT2D eigenvalue weighted by molar-refractivity contribution is -0.140. The molecule has 1 heterocycles. The Bertz CT molecular complexity index is 476. The Morgan fingerprint density at radius 1 is 1.43 bits per heavy atom. The fraction of sp³-hybridized carbons (Fsp3) is 0.562. The molecular formula is C16H23FN2O2. The molecule has 4 nitrogen and oxygen atoms in total. The van der Waals surface area contributed by atoms with E-state index < -0.39 is 6.04 Å². The van der Waals surface area contributed by atoms with Crippen LogP contribution in [0.1, 0.15) is 31.9 Å². The molecule has 0 spiro atoms. The summed E-state index contributed by atoms with van der Waals surface area (Å²) in [6.45, 7) is 5.60. The highest BCUT2D eigenvalue weighted by Gasteiger charge is 2.28. The van der Waals surface area contributed by atoms with E-state index in [2.05, 4.69) is 0 Å². The summed E-state index contributed by atoms with van der Waals surface area (Å²) >= 11 is 0. The zero-order valence-corrected chi connectivity index (χ0v) is 12.6. The van der Waals surface area contributed by atoms with Crippen LogP contribution in [0.15, 0.2) is 24.3 Å². The molecule has 0 aliphatic carbocycles. The van der Waals surface area contributed by atoms with Crippen molar-refractivity contribution in [2.45, 2.75) is 32.4 Å². The van der Waals surface area contributed by atoms with Gasteiger partial charge in [0.1, 0.15) is 11.9 Å². The summed E-state index contributed by atoms with van der Waals surface area (Å²) in [5.41, 5.74) is 6.85. The molecule has 0 aromatic heterocycles. The third-order valence-corrected chi connectivity index (χ3v) is 3.66. The average Bonchev–Trinajstić information content (AvgIpc) is 2.46. The third-order valence-electron chi connectivity index (χ3n) is 3.66. The van der Waals surface area contributed by atoms with Crippen LogP contribution in [0.25, 0.3) is 0 Å². The summed E-state index contributed by atoms with van der Waals surface area (Å²) in [6.07, 6.45) is 0.465. The maximum absolute atomic E-state index is 13.0. The Morgan fingerprint density at radius 3 is 2.71 bits per heavy atom. The first-order valence-corrected chi connectivity index (χ1v) is 7.39. The van der Waals surface area contributed by atoms with Crippen LogP contribution >= 0.6 is 0 Å². The molecule has 1 aromatic carbocycles. The van der Waals surface area contributed by atoms with Crippen molar-refractivity contribution in [3.63, 3.8) is 0 Å². The predicted molar refractivity (Wildman–Crippen MR) is 79.1 cm³/mol. The summed E-state index contributed by atoms with van der Waals surface area (Å²) in [5.74, 6) is 0.0819. The first-order chi connectivity index (χ1) is 9.97. The monoisotopic (exact) mass is 294 g/mol. The molecule has 1 unspecified atom stereocenters. The van der Waals surface area contributed by atoms with Crippen molar-refractivity contribution in [1.82, 2.24) is 4.90 Å². The van der Waals surface area contributed by atoms with Crippen LogP contribution < -0.4 is 5.73 Å². The van der Waals surface area contributed by atoms with E-state index in [0.29, 0.717) is 32.0 Å². The van der Waals surface area contributed by atoms with Crippen molar-refractivity contribution in [2.24, 2.45) is 11.7 Å². The van der Waals surface area contributed by atoms with Crippen LogP contribution in [0.5, 0.6) is 0 Å². The van der Waals surface area contributed by atoms with E-state index in [1.807, 2.05) is 13.8 Å². The topological polar surface area (TPSA) is 55.6 Å². The van der Waals surface area contributed by atoms with Crippen molar-refractivity contribution >= 4 is 5.91 Å². The van der Waals surface area contributed by atoms with Gasteiger partial charge in [0.15, 0.2) is 0 Å². The van der Waals surface area contributed by atoms with Gasteiger partial charge in [0, 0.05) is 6.54 Å². The third kappa shape index (κ3) is 4.25. The average molecular weight is 294 g/mol. The van der Waals surface area contributed by atoms with E-state index in [1.165, 1.54) is 12.1 Å². The van der Waals surface area contributed by atoms with Crippen LogP contribution in [0.3, 0.4) is 0 Å². The molecule has 1 aromatic rings. The Kier molecular flexibility index (Phi) is 5.31. The highest BCUT2D eigenvalue weighted by atomic mass is 19.1. The van der Waals surface area contributed by atoms with Crippen LogP contribution in [-0.4, -0.2) is 36.5 Å². The molecule has 116 valence electrons. The first kappa shape index (κ1) is 15.9. The largest absolute Gasteiger partial charge is 0.370 e. The van der Waals surface area contributed by atoms with E-state index in [4.69, 9.17) is 10.5 Å². The second-order valence-electron chi connectivity index (χ2n) is 5.93. The Labute approximate surface area is 125 Å². The van der Waals surface area contributed by atoms with Gasteiger partial charge in [-0.25, -0.2) is 4.39 Å². The summed E-state index contributed by atoms with van der Waals surface area (Å²) in [4.78, 5) is 14.1. The number of hydrogen-bond donors (Lipinski definition) is 1. The summed E-state index contributed by atoms with van der Waals surface area (Å²) in [7, 11) is 0. The van der Waals surface area contributed by atoms with Gasteiger partial charge in [0.05, 0.1) is 19.2 Å². The lowest BCUT2D eigenvalue weighted by atomic mass is 10.0. The normalized spacial score (nSPS) is 20.6. The van der Waals surface area contributed by atoms with Gasteiger partial charge >= 0.3 is 0 Å². The van der Waals surface area contributed by atoms with Crippen LogP contribution in [-0.2, 0) is 9.53 Å². The van der Waals surface area contributed by atoms with Crippen molar-refractivity contribution in [3.05, 3.63) is 35.6 Å². The highest BCUT2D eigenvalue weighted by Crippen LogP contribution is 2.23. The van der Waals surface area contributed by atoms with Crippen LogP contribution in [0.4, 0.5) is 4.39 Å². The Balaban J connectivity index is 2.00. The van der Waals surface area contributed by atoms with Gasteiger partial charge in [0.2, 0.25) is 5.91 Å². The van der Waals surface area contributed by atoms with Gasteiger partial charge in [-0.15, -0.1) is 0 Å². The van der Waals surface area contributed by atoms with Crippen molar-refractivity contribution in [2.75, 3.05) is 19.7 Å². The molecule has 0 radical (unpaired) electrons. The number of amides is 1. The second-order valence-corrected chi connectivity index (χ2v) is 5.93. The molecule has 2 N–H and O–H groups in total. The zero-order chi connectivity index (χ0) is 15.4. The molecule has 2 rings (SSSR count). The molecule has 2 atom stereocenters. The number of nitrogens with zero attached hydrogens (tertiary/aromatic N) is 1. The van der Waals surface area contributed by atoms with Crippen molar-refractivity contribution in [3.8, 4) is 0 Å². The Hall–Kier alpha value is -1.46. The Morgan fingerprint density at radius 2 is 2.10 bits per heavy atom. The van der Waals surface area contributed by atoms with Crippen molar-refractivity contribution < 1.29 is 13.9 Å². The molecule has 21 heavy (non-hydrogen) atoms. The minimum Gasteiger partial charge on any atom is -0.370 e. The smallest absolute Gasteiger partial charge is 0.239 e. The maximum atomic E-state index is 13.0. The molecule has 1 fully saturated rings. The molecule has 1 saturated heterocycles. The number of carbonyl (C=O) groups excluding carboxylic acids is 1. The molecule has 0 saturated carbocycles. The van der Waals surface area contributed by atoms with Crippen molar-refractivity contribution in [1.29, 1.82) is 0 Å². The summed E-state index contributed by atoms with van der Waals surface area (Å²) in [6, 6.07) is 5.75. The fourth-order valence-corrected chi connectivity index (χ4v) is 2.57. The number of ether oxygens (including phenoxy) is 1. The van der Waals surface area contributed by atoms with Crippen LogP contribution in [0, 0.1) is 11.7 Å². The number of morpholine rings is 1. The second kappa shape index (κ2) is 7.00.